The third-order valence-corrected chi connectivity index (χ3v) is 24.9. The summed E-state index contributed by atoms with van der Waals surface area (Å²) < 4.78 is 189. The Kier molecular flexibility index (Phi) is 23.7. The summed E-state index contributed by atoms with van der Waals surface area (Å²) in [5.74, 6) is 0.445. The molecule has 0 aromatic heterocycles. The van der Waals surface area contributed by atoms with Crippen molar-refractivity contribution < 1.29 is 149 Å². The van der Waals surface area contributed by atoms with Crippen LogP contribution in [-0.2, 0) is 75.6 Å². The first-order valence-electron chi connectivity index (χ1n) is 31.0. The third-order valence-electron chi connectivity index (χ3n) is 21.9. The second-order valence-corrected chi connectivity index (χ2v) is 33.4. The summed E-state index contributed by atoms with van der Waals surface area (Å²) in [7, 11) is 0. The highest BCUT2D eigenvalue weighted by Gasteiger charge is 2.79. The van der Waals surface area contributed by atoms with E-state index in [2.05, 4.69) is 42.2 Å². The molecule has 534 valence electrons. The van der Waals surface area contributed by atoms with E-state index in [0.29, 0.717) is 54.8 Å². The number of alkyl halides is 12. The molecule has 0 radical (unpaired) electrons. The van der Waals surface area contributed by atoms with Crippen molar-refractivity contribution in [2.75, 3.05) is 26.4 Å². The molecule has 0 amide bonds. The fraction of sp³-hybridized carbons (Fsp3) is 0.930. The molecule has 0 spiro atoms. The molecular weight excluding hydrogens is 1360 g/mol. The molecule has 36 heteroatoms. The molecule has 0 saturated heterocycles. The maximum atomic E-state index is 14.1. The Morgan fingerprint density at radius 1 is 0.323 bits per heavy atom. The number of halogens is 12. The summed E-state index contributed by atoms with van der Waals surface area (Å²) in [4.78, 5) is 47.4. The quantitative estimate of drug-likeness (QED) is 0.0217. The Morgan fingerprint density at radius 2 is 0.527 bits per heavy atom. The molecule has 16 aliphatic rings. The highest BCUT2D eigenvalue weighted by molar-refractivity contribution is 7.97. The number of carbonyl (C=O) groups is 4. The van der Waals surface area contributed by atoms with Gasteiger partial charge in [-0.3, -0.25) is 20.2 Å². The van der Waals surface area contributed by atoms with Crippen LogP contribution in [0.15, 0.2) is 0 Å². The van der Waals surface area contributed by atoms with Crippen LogP contribution in [0.25, 0.3) is 0 Å². The van der Waals surface area contributed by atoms with Gasteiger partial charge in [-0.1, -0.05) is 0 Å². The molecule has 3 atom stereocenters. The van der Waals surface area contributed by atoms with E-state index in [0.717, 1.165) is 146 Å². The number of hydrogen-bond acceptors (Lipinski definition) is 24. The van der Waals surface area contributed by atoms with Gasteiger partial charge in [0.2, 0.25) is 0 Å². The van der Waals surface area contributed by atoms with Crippen LogP contribution in [0.3, 0.4) is 0 Å². The summed E-state index contributed by atoms with van der Waals surface area (Å²) in [6.45, 7) is 1.79. The van der Waals surface area contributed by atoms with Crippen LogP contribution in [-0.4, -0.2) is 88.6 Å². The Balaban J connectivity index is 0.000000147. The molecule has 0 aliphatic heterocycles. The summed E-state index contributed by atoms with van der Waals surface area (Å²) in [6, 6.07) is 0. The van der Waals surface area contributed by atoms with Gasteiger partial charge in [0.05, 0.1) is 74.6 Å². The molecule has 16 aliphatic carbocycles. The van der Waals surface area contributed by atoms with Crippen molar-refractivity contribution in [2.24, 2.45) is 92.7 Å². The molecule has 16 rings (SSSR count). The molecule has 3 unspecified atom stereocenters. The van der Waals surface area contributed by atoms with Gasteiger partial charge in [-0.15, -0.1) is 0 Å². The lowest BCUT2D eigenvalue weighted by molar-refractivity contribution is -0.777. The summed E-state index contributed by atoms with van der Waals surface area (Å²) in [5.41, 5.74) is -0.840. The number of ether oxygens (including phenoxy) is 4. The lowest BCUT2D eigenvalue weighted by Crippen LogP contribution is -2.61. The Labute approximate surface area is 544 Å². The van der Waals surface area contributed by atoms with Crippen molar-refractivity contribution in [3.05, 3.63) is 0 Å². The van der Waals surface area contributed by atoms with Gasteiger partial charge in [0.15, 0.2) is 0 Å². The SMILES string of the molecule is CC(F)(SOO[O-])C(=O)OCC12CC3CC(CC(C3)C1)C2.CC(F)(SOO[O-])C(=O)OCC12CC3CC(CC(C3)C1)C2.O=C(OCC12CC3CC(CC(C3)C1)C2)C(F)(SOO[O-])C(F)(F)F.O=C(OCC12CC3CC(CC(C3)C1)C2)C(SOO[O-])(C(F)(F)F)C(F)(F)F. The van der Waals surface area contributed by atoms with E-state index in [-0.39, 0.29) is 60.2 Å². The summed E-state index contributed by atoms with van der Waals surface area (Å²) >= 11 is -2.44. The fourth-order valence-corrected chi connectivity index (χ4v) is 21.6. The molecule has 16 fully saturated rings. The third kappa shape index (κ3) is 17.2. The van der Waals surface area contributed by atoms with E-state index in [1.165, 1.54) is 38.5 Å². The molecule has 93 heavy (non-hydrogen) atoms. The fourth-order valence-electron chi connectivity index (χ4n) is 20.3. The van der Waals surface area contributed by atoms with Crippen molar-refractivity contribution in [3.63, 3.8) is 0 Å². The van der Waals surface area contributed by atoms with Gasteiger partial charge in [-0.25, -0.2) is 32.3 Å². The van der Waals surface area contributed by atoms with E-state index in [9.17, 15) is 92.9 Å². The van der Waals surface area contributed by atoms with Crippen LogP contribution >= 0.6 is 48.2 Å². The molecule has 16 saturated carbocycles. The molecule has 0 heterocycles. The summed E-state index contributed by atoms with van der Waals surface area (Å²) in [5, 5.41) is 41.1. The van der Waals surface area contributed by atoms with E-state index in [4.69, 9.17) is 14.2 Å². The monoisotopic (exact) mass is 1430 g/mol. The average Bonchev–Trinajstić information content (AvgIpc) is 0.770. The minimum absolute atomic E-state index is 0.0279. The van der Waals surface area contributed by atoms with Crippen LogP contribution in [0.4, 0.5) is 52.7 Å². The van der Waals surface area contributed by atoms with Gasteiger partial charge in [-0.2, -0.15) is 56.8 Å². The zero-order valence-corrected chi connectivity index (χ0v) is 53.8. The minimum Gasteiger partial charge on any atom is -0.691 e. The van der Waals surface area contributed by atoms with E-state index < -0.39 is 98.3 Å². The Hall–Kier alpha value is -2.04. The predicted octanol–water partition coefficient (Wildman–Crippen LogP) is 10.9. The molecular formula is C57H74F12O20S4-4. The first kappa shape index (κ1) is 75.2. The smallest absolute Gasteiger partial charge is 0.446 e. The molecule has 20 nitrogen and oxygen atoms in total. The van der Waals surface area contributed by atoms with Crippen molar-refractivity contribution in [1.82, 2.24) is 0 Å². The Bertz CT molecular complexity index is 2360. The number of rotatable bonds is 24. The second kappa shape index (κ2) is 29.3. The topological polar surface area (TPSA) is 271 Å². The normalized spacial score (nSPS) is 37.4. The Morgan fingerprint density at radius 3 is 0.742 bits per heavy atom. The van der Waals surface area contributed by atoms with Crippen LogP contribution in [0, 0.1) is 92.7 Å². The van der Waals surface area contributed by atoms with Crippen molar-refractivity contribution in [2.45, 2.75) is 206 Å². The van der Waals surface area contributed by atoms with E-state index in [1.807, 2.05) is 0 Å². The lowest BCUT2D eigenvalue weighted by atomic mass is 9.50. The van der Waals surface area contributed by atoms with E-state index in [1.54, 1.807) is 0 Å². The van der Waals surface area contributed by atoms with Gasteiger partial charge >= 0.3 is 52.2 Å². The highest BCUT2D eigenvalue weighted by Crippen LogP contribution is 2.65. The van der Waals surface area contributed by atoms with Crippen molar-refractivity contribution >= 4 is 72.0 Å². The number of esters is 4. The van der Waals surface area contributed by atoms with Gasteiger partial charge in [0.1, 0.15) is 0 Å². The van der Waals surface area contributed by atoms with Crippen molar-refractivity contribution in [1.29, 1.82) is 0 Å². The van der Waals surface area contributed by atoms with Crippen LogP contribution in [0.5, 0.6) is 0 Å². The van der Waals surface area contributed by atoms with Gasteiger partial charge in [0, 0.05) is 21.7 Å². The number of hydrogen-bond donors (Lipinski definition) is 0. The summed E-state index contributed by atoms with van der Waals surface area (Å²) in [6.07, 6.45) is 7.16. The molecule has 0 aromatic carbocycles. The maximum absolute atomic E-state index is 14.1. The first-order valence-corrected chi connectivity index (χ1v) is 33.9. The van der Waals surface area contributed by atoms with E-state index >= 15 is 0 Å². The largest absolute Gasteiger partial charge is 0.691 e. The van der Waals surface area contributed by atoms with Crippen LogP contribution in [0.2, 0.25) is 0 Å². The predicted molar refractivity (Wildman–Crippen MR) is 289 cm³/mol. The van der Waals surface area contributed by atoms with Gasteiger partial charge in [0.25, 0.3) is 10.0 Å². The van der Waals surface area contributed by atoms with Crippen molar-refractivity contribution in [3.8, 4) is 0 Å². The minimum atomic E-state index is -6.12. The van der Waals surface area contributed by atoms with Crippen LogP contribution in [0.1, 0.15) is 168 Å². The lowest BCUT2D eigenvalue weighted by Gasteiger charge is -2.56. The maximum Gasteiger partial charge on any atom is 0.446 e. The first-order chi connectivity index (χ1) is 43.4. The number of carbonyl (C=O) groups excluding carboxylic acids is 4. The zero-order valence-electron chi connectivity index (χ0n) is 50.6. The molecule has 0 aromatic rings. The highest BCUT2D eigenvalue weighted by atomic mass is 32.2. The van der Waals surface area contributed by atoms with Gasteiger partial charge < -0.3 is 40.0 Å². The average molecular weight is 1440 g/mol. The van der Waals surface area contributed by atoms with Gasteiger partial charge in [-0.05, 0) is 239 Å². The zero-order chi connectivity index (χ0) is 67.9. The second-order valence-electron chi connectivity index (χ2n) is 29.5. The standard InChI is InChI=1S/C15H18F6O5S.C14H18F4O5S.2C14H21FO5S/c16-14(17,18)13(15(19,20)21,27-26-25-23)11(22)24-7-12-4-8-1-9(5-12)3-10(2-8)6-12;15-13(14(16,17)18,24-23-22-20)11(19)21-7-12-4-8-1-9(5-12)3-10(2-8)6-12;2*1-13(15,21-20-19-17)12(16)18-8-14-5-9-2-10(6-14)4-11(3-9)7-14/h8-10,23H,1-7H2;8-10,20H,1-7H2;2*9-11,17H,2-8H2,1H3/p-4. The molecule has 0 N–H and O–H groups in total. The van der Waals surface area contributed by atoms with Crippen LogP contribution < -0.4 is 21.0 Å². The molecule has 16 bridgehead atoms.